The van der Waals surface area contributed by atoms with Gasteiger partial charge in [-0.2, -0.15) is 0 Å². The summed E-state index contributed by atoms with van der Waals surface area (Å²) in [5.74, 6) is 2.13. The van der Waals surface area contributed by atoms with Gasteiger partial charge in [0.15, 0.2) is 0 Å². The van der Waals surface area contributed by atoms with Crippen molar-refractivity contribution in [1.29, 1.82) is 0 Å². The minimum atomic E-state index is 0.482. The normalized spacial score (nSPS) is 16.4. The summed E-state index contributed by atoms with van der Waals surface area (Å²) < 4.78 is 11.2. The fourth-order valence-electron chi connectivity index (χ4n) is 3.40. The van der Waals surface area contributed by atoms with E-state index in [0.29, 0.717) is 5.92 Å². The van der Waals surface area contributed by atoms with Crippen molar-refractivity contribution in [2.45, 2.75) is 27.7 Å². The predicted molar refractivity (Wildman–Crippen MR) is 105 cm³/mol. The Kier molecular flexibility index (Phi) is 4.71. The largest absolute Gasteiger partial charge is 0.497 e. The number of hydrogen-bond acceptors (Lipinski definition) is 2. The van der Waals surface area contributed by atoms with Crippen molar-refractivity contribution in [3.05, 3.63) is 69.2 Å². The Morgan fingerprint density at radius 1 is 0.840 bits per heavy atom. The third-order valence-corrected chi connectivity index (χ3v) is 4.93. The predicted octanol–water partition coefficient (Wildman–Crippen LogP) is 4.06. The molecular formula is C23H26O2. The molecule has 3 rings (SSSR count). The summed E-state index contributed by atoms with van der Waals surface area (Å²) in [5, 5.41) is 2.25. The van der Waals surface area contributed by atoms with E-state index in [1.807, 2.05) is 6.07 Å². The molecule has 0 spiro atoms. The quantitative estimate of drug-likeness (QED) is 0.830. The van der Waals surface area contributed by atoms with Crippen LogP contribution in [-0.2, 0) is 0 Å². The molecule has 25 heavy (non-hydrogen) atoms. The molecule has 0 aliphatic heterocycles. The molecule has 0 aromatic heterocycles. The van der Waals surface area contributed by atoms with Crippen LogP contribution in [0.2, 0.25) is 0 Å². The van der Waals surface area contributed by atoms with Crippen molar-refractivity contribution in [3.63, 3.8) is 0 Å². The second kappa shape index (κ2) is 6.79. The first-order valence-electron chi connectivity index (χ1n) is 8.72. The lowest BCUT2D eigenvalue weighted by Crippen LogP contribution is -2.29. The van der Waals surface area contributed by atoms with Crippen LogP contribution in [0.1, 0.15) is 27.7 Å². The maximum atomic E-state index is 5.65. The van der Waals surface area contributed by atoms with Gasteiger partial charge in [-0.1, -0.05) is 44.2 Å². The summed E-state index contributed by atoms with van der Waals surface area (Å²) in [7, 11) is 3.40. The van der Waals surface area contributed by atoms with Gasteiger partial charge < -0.3 is 9.47 Å². The van der Waals surface area contributed by atoms with E-state index >= 15 is 0 Å². The van der Waals surface area contributed by atoms with Crippen molar-refractivity contribution in [2.75, 3.05) is 14.2 Å². The Balaban J connectivity index is 2.48. The highest BCUT2D eigenvalue weighted by molar-refractivity contribution is 5.86. The van der Waals surface area contributed by atoms with E-state index in [0.717, 1.165) is 21.9 Å². The van der Waals surface area contributed by atoms with Crippen LogP contribution in [0.3, 0.4) is 0 Å². The molecule has 0 amide bonds. The highest BCUT2D eigenvalue weighted by atomic mass is 16.5. The van der Waals surface area contributed by atoms with E-state index in [2.05, 4.69) is 64.1 Å². The molecule has 2 nitrogen and oxygen atoms in total. The monoisotopic (exact) mass is 334 g/mol. The summed E-state index contributed by atoms with van der Waals surface area (Å²) in [6, 6.07) is 4.06. The van der Waals surface area contributed by atoms with E-state index in [1.165, 1.54) is 27.9 Å². The Labute approximate surface area is 150 Å². The van der Waals surface area contributed by atoms with Gasteiger partial charge in [0.05, 0.1) is 14.2 Å². The standard InChI is InChI=1S/C23H26O2/c1-14(2)17-9-7-16(4)23-20(11-17)15(3)8-10-19-21(23)12-18(24-5)13-22(19)25-6/h7-14H,1-6H3. The average Bonchev–Trinajstić information content (AvgIpc) is 2.85. The van der Waals surface area contributed by atoms with Crippen LogP contribution in [-0.4, -0.2) is 14.2 Å². The van der Waals surface area contributed by atoms with Crippen molar-refractivity contribution in [3.8, 4) is 11.5 Å². The molecule has 0 saturated carbocycles. The van der Waals surface area contributed by atoms with Crippen molar-refractivity contribution < 1.29 is 9.47 Å². The van der Waals surface area contributed by atoms with E-state index in [-0.39, 0.29) is 0 Å². The molecule has 0 atom stereocenters. The molecule has 0 unspecified atom stereocenters. The van der Waals surface area contributed by atoms with E-state index < -0.39 is 0 Å². The van der Waals surface area contributed by atoms with Gasteiger partial charge in [-0.15, -0.1) is 0 Å². The van der Waals surface area contributed by atoms with Gasteiger partial charge >= 0.3 is 0 Å². The third kappa shape index (κ3) is 3.09. The SMILES string of the molecule is COc1cc(OC)c2c(c1)=C1C(C)=CC=C(C(C)C)C=C1C(C)=CC=2. The lowest BCUT2D eigenvalue weighted by atomic mass is 9.90. The Bertz CT molecular complexity index is 951. The first-order chi connectivity index (χ1) is 12.0. The molecular weight excluding hydrogens is 308 g/mol. The second-order valence-corrected chi connectivity index (χ2v) is 6.91. The fourth-order valence-corrected chi connectivity index (χ4v) is 3.40. The van der Waals surface area contributed by atoms with Gasteiger partial charge in [-0.3, -0.25) is 0 Å². The van der Waals surface area contributed by atoms with Crippen LogP contribution < -0.4 is 19.9 Å². The van der Waals surface area contributed by atoms with Crippen molar-refractivity contribution in [1.82, 2.24) is 0 Å². The maximum Gasteiger partial charge on any atom is 0.130 e. The zero-order chi connectivity index (χ0) is 18.1. The fraction of sp³-hybridized carbons (Fsp3) is 0.304. The summed E-state index contributed by atoms with van der Waals surface area (Å²) >= 11 is 0. The van der Waals surface area contributed by atoms with Gasteiger partial charge in [-0.25, -0.2) is 0 Å². The Hall–Kier alpha value is -2.48. The molecule has 0 bridgehead atoms. The third-order valence-electron chi connectivity index (χ3n) is 4.93. The summed E-state index contributed by atoms with van der Waals surface area (Å²) in [6.45, 7) is 8.82. The smallest absolute Gasteiger partial charge is 0.130 e. The molecule has 0 fully saturated rings. The summed E-state index contributed by atoms with van der Waals surface area (Å²) in [5.41, 5.74) is 6.38. The van der Waals surface area contributed by atoms with E-state index in [4.69, 9.17) is 9.47 Å². The number of methoxy groups -OCH3 is 2. The summed E-state index contributed by atoms with van der Waals surface area (Å²) in [6.07, 6.45) is 11.1. The topological polar surface area (TPSA) is 18.5 Å². The molecule has 2 aliphatic carbocycles. The first kappa shape index (κ1) is 17.3. The van der Waals surface area contributed by atoms with Gasteiger partial charge in [0.2, 0.25) is 0 Å². The number of hydrogen-bond donors (Lipinski definition) is 0. The lowest BCUT2D eigenvalue weighted by Gasteiger charge is -2.14. The molecule has 0 heterocycles. The Morgan fingerprint density at radius 2 is 1.56 bits per heavy atom. The highest BCUT2D eigenvalue weighted by Gasteiger charge is 2.18. The number of ether oxygens (including phenoxy) is 2. The molecule has 0 saturated heterocycles. The first-order valence-corrected chi connectivity index (χ1v) is 8.72. The maximum absolute atomic E-state index is 5.65. The molecule has 0 radical (unpaired) electrons. The van der Waals surface area contributed by atoms with Gasteiger partial charge in [0, 0.05) is 11.3 Å². The van der Waals surface area contributed by atoms with E-state index in [1.54, 1.807) is 14.2 Å². The Morgan fingerprint density at radius 3 is 2.20 bits per heavy atom. The van der Waals surface area contributed by atoms with E-state index in [9.17, 15) is 0 Å². The number of fused-ring (bicyclic) bond motifs is 2. The number of rotatable bonds is 3. The second-order valence-electron chi connectivity index (χ2n) is 6.91. The van der Waals surface area contributed by atoms with Crippen LogP contribution in [0.15, 0.2) is 58.7 Å². The van der Waals surface area contributed by atoms with Crippen LogP contribution in [0.25, 0.3) is 11.6 Å². The van der Waals surface area contributed by atoms with Crippen LogP contribution in [0, 0.1) is 5.92 Å². The van der Waals surface area contributed by atoms with Crippen LogP contribution >= 0.6 is 0 Å². The minimum Gasteiger partial charge on any atom is -0.497 e. The molecule has 2 aliphatic rings. The number of allylic oxidation sites excluding steroid dienone is 8. The van der Waals surface area contributed by atoms with Gasteiger partial charge in [0.25, 0.3) is 0 Å². The minimum absolute atomic E-state index is 0.482. The highest BCUT2D eigenvalue weighted by Crippen LogP contribution is 2.32. The number of benzene rings is 1. The van der Waals surface area contributed by atoms with Crippen molar-refractivity contribution in [2.24, 2.45) is 5.92 Å². The molecule has 2 heteroatoms. The van der Waals surface area contributed by atoms with Crippen LogP contribution in [0.5, 0.6) is 11.5 Å². The lowest BCUT2D eigenvalue weighted by molar-refractivity contribution is 0.391. The molecule has 130 valence electrons. The average molecular weight is 334 g/mol. The molecule has 1 aromatic rings. The summed E-state index contributed by atoms with van der Waals surface area (Å²) in [4.78, 5) is 0. The van der Waals surface area contributed by atoms with Crippen LogP contribution in [0.4, 0.5) is 0 Å². The van der Waals surface area contributed by atoms with Gasteiger partial charge in [0.1, 0.15) is 11.5 Å². The van der Waals surface area contributed by atoms with Crippen molar-refractivity contribution >= 4 is 11.6 Å². The molecule has 1 aromatic carbocycles. The zero-order valence-electron chi connectivity index (χ0n) is 15.9. The van der Waals surface area contributed by atoms with Gasteiger partial charge in [-0.05, 0) is 58.9 Å². The molecule has 0 N–H and O–H groups in total. The zero-order valence-corrected chi connectivity index (χ0v) is 15.9.